The highest BCUT2D eigenvalue weighted by molar-refractivity contribution is 7.89. The number of phenolic OH excluding ortho intramolecular Hbond substituents is 1. The minimum atomic E-state index is -4.15. The van der Waals surface area contributed by atoms with E-state index in [0.29, 0.717) is 17.4 Å². The zero-order valence-electron chi connectivity index (χ0n) is 11.1. The van der Waals surface area contributed by atoms with E-state index in [-0.39, 0.29) is 22.0 Å². The molecule has 0 aromatic heterocycles. The summed E-state index contributed by atoms with van der Waals surface area (Å²) in [4.78, 5) is 11.0. The van der Waals surface area contributed by atoms with Crippen molar-refractivity contribution in [1.82, 2.24) is 0 Å². The van der Waals surface area contributed by atoms with Gasteiger partial charge < -0.3 is 9.84 Å². The number of aldehydes is 1. The summed E-state index contributed by atoms with van der Waals surface area (Å²) in [6.07, 6.45) is 0.404. The van der Waals surface area contributed by atoms with E-state index in [1.54, 1.807) is 12.1 Å². The van der Waals surface area contributed by atoms with Crippen LogP contribution in [0.4, 0.5) is 0 Å². The molecule has 0 unspecified atom stereocenters. The van der Waals surface area contributed by atoms with Gasteiger partial charge in [-0.1, -0.05) is 12.1 Å². The van der Waals surface area contributed by atoms with Gasteiger partial charge in [0, 0.05) is 5.56 Å². The van der Waals surface area contributed by atoms with Crippen molar-refractivity contribution in [2.24, 2.45) is 5.14 Å². The molecule has 0 heterocycles. The van der Waals surface area contributed by atoms with E-state index in [2.05, 4.69) is 0 Å². The zero-order chi connectivity index (χ0) is 15.6. The third-order valence-electron chi connectivity index (χ3n) is 2.94. The predicted octanol–water partition coefficient (Wildman–Crippen LogP) is 1.53. The van der Waals surface area contributed by atoms with Gasteiger partial charge in [0.1, 0.15) is 16.4 Å². The topological polar surface area (TPSA) is 107 Å². The van der Waals surface area contributed by atoms with E-state index in [1.165, 1.54) is 31.4 Å². The van der Waals surface area contributed by atoms with E-state index < -0.39 is 10.0 Å². The lowest BCUT2D eigenvalue weighted by Crippen LogP contribution is -2.16. The summed E-state index contributed by atoms with van der Waals surface area (Å²) in [5.41, 5.74) is 0.720. The lowest BCUT2D eigenvalue weighted by molar-refractivity contribution is 0.112. The maximum atomic E-state index is 11.7. The number of ether oxygens (including phenoxy) is 1. The van der Waals surface area contributed by atoms with Gasteiger partial charge in [0.2, 0.25) is 10.0 Å². The second kappa shape index (κ2) is 5.55. The Hall–Kier alpha value is -2.38. The molecule has 0 atom stereocenters. The summed E-state index contributed by atoms with van der Waals surface area (Å²) in [5.74, 6) is -0.0131. The van der Waals surface area contributed by atoms with Crippen molar-refractivity contribution in [3.63, 3.8) is 0 Å². The Kier molecular flexibility index (Phi) is 3.97. The third-order valence-corrected chi connectivity index (χ3v) is 3.93. The number of hydrogen-bond donors (Lipinski definition) is 2. The highest BCUT2D eigenvalue weighted by Crippen LogP contribution is 2.34. The number of phenols is 1. The first-order chi connectivity index (χ1) is 9.88. The molecule has 0 saturated carbocycles. The van der Waals surface area contributed by atoms with E-state index in [1.807, 2.05) is 0 Å². The lowest BCUT2D eigenvalue weighted by Gasteiger charge is -2.13. The van der Waals surface area contributed by atoms with E-state index in [0.717, 1.165) is 0 Å². The Morgan fingerprint density at radius 1 is 1.24 bits per heavy atom. The van der Waals surface area contributed by atoms with Gasteiger partial charge in [-0.15, -0.1) is 0 Å². The van der Waals surface area contributed by atoms with Crippen LogP contribution in [0.5, 0.6) is 11.5 Å². The largest absolute Gasteiger partial charge is 0.508 e. The zero-order valence-corrected chi connectivity index (χ0v) is 11.9. The molecular formula is C14H13NO5S. The third kappa shape index (κ3) is 2.88. The number of benzene rings is 2. The number of nitrogens with two attached hydrogens (primary N) is 1. The van der Waals surface area contributed by atoms with Gasteiger partial charge in [-0.3, -0.25) is 4.79 Å². The lowest BCUT2D eigenvalue weighted by atomic mass is 10.00. The maximum absolute atomic E-state index is 11.7. The smallest absolute Gasteiger partial charge is 0.242 e. The van der Waals surface area contributed by atoms with Crippen LogP contribution in [0.2, 0.25) is 0 Å². The Labute approximate surface area is 121 Å². The van der Waals surface area contributed by atoms with Gasteiger partial charge >= 0.3 is 0 Å². The molecule has 0 aliphatic heterocycles. The second-order valence-electron chi connectivity index (χ2n) is 4.27. The van der Waals surface area contributed by atoms with Crippen LogP contribution in [0.15, 0.2) is 41.3 Å². The highest BCUT2D eigenvalue weighted by Gasteiger charge is 2.23. The molecule has 0 aliphatic rings. The van der Waals surface area contributed by atoms with E-state index >= 15 is 0 Å². The summed E-state index contributed by atoms with van der Waals surface area (Å²) in [6.45, 7) is 0. The van der Waals surface area contributed by atoms with Gasteiger partial charge in [-0.2, -0.15) is 0 Å². The average Bonchev–Trinajstić information content (AvgIpc) is 2.44. The summed E-state index contributed by atoms with van der Waals surface area (Å²) < 4.78 is 28.4. The first-order valence-electron chi connectivity index (χ1n) is 5.87. The van der Waals surface area contributed by atoms with E-state index in [9.17, 15) is 18.3 Å². The summed E-state index contributed by atoms with van der Waals surface area (Å²) >= 11 is 0. The van der Waals surface area contributed by atoms with Crippen LogP contribution in [0, 0.1) is 0 Å². The van der Waals surface area contributed by atoms with Crippen molar-refractivity contribution >= 4 is 16.3 Å². The molecule has 0 spiro atoms. The monoisotopic (exact) mass is 307 g/mol. The first-order valence-corrected chi connectivity index (χ1v) is 7.41. The van der Waals surface area contributed by atoms with Gasteiger partial charge in [0.15, 0.2) is 6.29 Å². The Bertz CT molecular complexity index is 799. The Balaban J connectivity index is 2.84. The normalized spacial score (nSPS) is 11.1. The Morgan fingerprint density at radius 2 is 1.95 bits per heavy atom. The van der Waals surface area contributed by atoms with Crippen molar-refractivity contribution < 1.29 is 23.1 Å². The number of aromatic hydroxyl groups is 1. The summed E-state index contributed by atoms with van der Waals surface area (Å²) in [6, 6.07) is 9.05. The van der Waals surface area contributed by atoms with Crippen molar-refractivity contribution in [2.45, 2.75) is 4.90 Å². The van der Waals surface area contributed by atoms with Crippen LogP contribution in [-0.4, -0.2) is 26.9 Å². The molecule has 2 rings (SSSR count). The van der Waals surface area contributed by atoms with Gasteiger partial charge in [0.05, 0.1) is 7.11 Å². The number of rotatable bonds is 4. The number of methoxy groups -OCH3 is 1. The number of carbonyl (C=O) groups excluding carboxylic acids is 1. The van der Waals surface area contributed by atoms with Crippen LogP contribution in [-0.2, 0) is 10.0 Å². The van der Waals surface area contributed by atoms with E-state index in [4.69, 9.17) is 9.88 Å². The fourth-order valence-corrected chi connectivity index (χ4v) is 2.97. The molecule has 0 bridgehead atoms. The number of hydrogen-bond acceptors (Lipinski definition) is 5. The van der Waals surface area contributed by atoms with Crippen LogP contribution >= 0.6 is 0 Å². The quantitative estimate of drug-likeness (QED) is 0.833. The molecule has 0 radical (unpaired) electrons. The Morgan fingerprint density at radius 3 is 2.48 bits per heavy atom. The average molecular weight is 307 g/mol. The first kappa shape index (κ1) is 15.0. The maximum Gasteiger partial charge on any atom is 0.242 e. The SMILES string of the molecule is COc1ccc(-c2cccc(O)c2)c(C=O)c1S(N)(=O)=O. The predicted molar refractivity (Wildman–Crippen MR) is 76.9 cm³/mol. The molecule has 0 fully saturated rings. The molecule has 2 aromatic carbocycles. The van der Waals surface area contributed by atoms with Crippen LogP contribution in [0.25, 0.3) is 11.1 Å². The van der Waals surface area contributed by atoms with Crippen molar-refractivity contribution in [3.05, 3.63) is 42.0 Å². The second-order valence-corrected chi connectivity index (χ2v) is 5.77. The van der Waals surface area contributed by atoms with Crippen molar-refractivity contribution in [3.8, 4) is 22.6 Å². The molecule has 0 amide bonds. The van der Waals surface area contributed by atoms with Gasteiger partial charge in [-0.25, -0.2) is 13.6 Å². The molecule has 21 heavy (non-hydrogen) atoms. The van der Waals surface area contributed by atoms with Crippen LogP contribution in [0.3, 0.4) is 0 Å². The minimum Gasteiger partial charge on any atom is -0.508 e. The van der Waals surface area contributed by atoms with Gasteiger partial charge in [0.25, 0.3) is 0 Å². The molecule has 2 aromatic rings. The molecule has 3 N–H and O–H groups in total. The van der Waals surface area contributed by atoms with Crippen LogP contribution < -0.4 is 9.88 Å². The summed E-state index contributed by atoms with van der Waals surface area (Å²) in [5, 5.41) is 14.7. The number of sulfonamides is 1. The molecule has 0 saturated heterocycles. The molecule has 7 heteroatoms. The van der Waals surface area contributed by atoms with Crippen molar-refractivity contribution in [2.75, 3.05) is 7.11 Å². The van der Waals surface area contributed by atoms with Crippen molar-refractivity contribution in [1.29, 1.82) is 0 Å². The van der Waals surface area contributed by atoms with Crippen LogP contribution in [0.1, 0.15) is 10.4 Å². The molecule has 0 aliphatic carbocycles. The fourth-order valence-electron chi connectivity index (χ4n) is 2.08. The number of primary sulfonamides is 1. The fraction of sp³-hybridized carbons (Fsp3) is 0.0714. The standard InChI is InChI=1S/C14H13NO5S/c1-20-13-6-5-11(9-3-2-4-10(17)7-9)12(8-16)14(13)21(15,18)19/h2-8,17H,1H3,(H2,15,18,19). The number of carbonyl (C=O) groups is 1. The van der Waals surface area contributed by atoms with Gasteiger partial charge in [-0.05, 0) is 35.4 Å². The summed E-state index contributed by atoms with van der Waals surface area (Å²) in [7, 11) is -2.86. The highest BCUT2D eigenvalue weighted by atomic mass is 32.2. The molecule has 110 valence electrons. The molecular weight excluding hydrogens is 294 g/mol. The molecule has 6 nitrogen and oxygen atoms in total. The minimum absolute atomic E-state index is 0.00248.